The average Bonchev–Trinajstić information content (AvgIpc) is 3.07. The Morgan fingerprint density at radius 2 is 1.93 bits per heavy atom. The number of nitrogens with zero attached hydrogens (tertiary/aromatic N) is 2. The standard InChI is InChI=1S/C19H17F4N3O4/c1-11-8-17(25-7-6-12(20)10-25)15(9-16(11)26(28)29)18(27)24-13-2-4-14(5-3-13)30-19(21,22)23/h2-5,8-9,12H,6-7,10H2,1H3,(H,24,27). The maximum Gasteiger partial charge on any atom is 0.573 e. The number of carbonyl (C=O) groups excluding carboxylic acids is 1. The van der Waals surface area contributed by atoms with E-state index in [0.29, 0.717) is 17.8 Å². The van der Waals surface area contributed by atoms with Crippen LogP contribution < -0.4 is 15.0 Å². The summed E-state index contributed by atoms with van der Waals surface area (Å²) in [4.78, 5) is 25.1. The first kappa shape index (κ1) is 21.3. The summed E-state index contributed by atoms with van der Waals surface area (Å²) in [5, 5.41) is 13.8. The molecule has 1 N–H and O–H groups in total. The molecular weight excluding hydrogens is 410 g/mol. The van der Waals surface area contributed by atoms with Crippen LogP contribution in [0.3, 0.4) is 0 Å². The van der Waals surface area contributed by atoms with Gasteiger partial charge in [-0.05, 0) is 43.7 Å². The van der Waals surface area contributed by atoms with Crippen molar-refractivity contribution in [3.63, 3.8) is 0 Å². The lowest BCUT2D eigenvalue weighted by Crippen LogP contribution is -2.24. The van der Waals surface area contributed by atoms with Crippen LogP contribution in [-0.2, 0) is 0 Å². The van der Waals surface area contributed by atoms with Crippen LogP contribution in [0.2, 0.25) is 0 Å². The molecule has 1 atom stereocenters. The zero-order chi connectivity index (χ0) is 22.1. The van der Waals surface area contributed by atoms with Crippen molar-refractivity contribution in [2.75, 3.05) is 23.3 Å². The van der Waals surface area contributed by atoms with Gasteiger partial charge in [-0.15, -0.1) is 13.2 Å². The Bertz CT molecular complexity index is 963. The lowest BCUT2D eigenvalue weighted by Gasteiger charge is -2.21. The van der Waals surface area contributed by atoms with E-state index >= 15 is 0 Å². The predicted molar refractivity (Wildman–Crippen MR) is 101 cm³/mol. The number of nitro benzene ring substituents is 1. The summed E-state index contributed by atoms with van der Waals surface area (Å²) in [7, 11) is 0. The van der Waals surface area contributed by atoms with Crippen molar-refractivity contribution in [2.45, 2.75) is 25.9 Å². The maximum atomic E-state index is 13.7. The van der Waals surface area contributed by atoms with Crippen LogP contribution >= 0.6 is 0 Å². The van der Waals surface area contributed by atoms with Crippen molar-refractivity contribution in [1.82, 2.24) is 0 Å². The molecule has 1 amide bonds. The Kier molecular flexibility index (Phi) is 5.81. The quantitative estimate of drug-likeness (QED) is 0.428. The van der Waals surface area contributed by atoms with Crippen LogP contribution in [-0.4, -0.2) is 36.5 Å². The summed E-state index contributed by atoms with van der Waals surface area (Å²) >= 11 is 0. The second kappa shape index (κ2) is 8.17. The van der Waals surface area contributed by atoms with Crippen molar-refractivity contribution in [3.05, 3.63) is 57.6 Å². The molecule has 0 radical (unpaired) electrons. The van der Waals surface area contributed by atoms with Gasteiger partial charge < -0.3 is 15.0 Å². The fourth-order valence-corrected chi connectivity index (χ4v) is 3.20. The Hall–Kier alpha value is -3.37. The molecule has 1 unspecified atom stereocenters. The Labute approximate surface area is 168 Å². The highest BCUT2D eigenvalue weighted by Gasteiger charge is 2.31. The number of amides is 1. The minimum Gasteiger partial charge on any atom is -0.406 e. The first-order chi connectivity index (χ1) is 14.0. The van der Waals surface area contributed by atoms with Crippen molar-refractivity contribution >= 4 is 23.0 Å². The summed E-state index contributed by atoms with van der Waals surface area (Å²) in [6.07, 6.45) is -5.64. The van der Waals surface area contributed by atoms with E-state index in [4.69, 9.17) is 0 Å². The van der Waals surface area contributed by atoms with Gasteiger partial charge in [-0.25, -0.2) is 4.39 Å². The van der Waals surface area contributed by atoms with E-state index in [1.807, 2.05) is 0 Å². The third-order valence-electron chi connectivity index (χ3n) is 4.57. The van der Waals surface area contributed by atoms with Gasteiger partial charge in [0.2, 0.25) is 0 Å². The van der Waals surface area contributed by atoms with Gasteiger partial charge in [-0.3, -0.25) is 14.9 Å². The molecule has 0 aromatic heterocycles. The van der Waals surface area contributed by atoms with E-state index in [0.717, 1.165) is 18.2 Å². The number of benzene rings is 2. The van der Waals surface area contributed by atoms with E-state index in [1.54, 1.807) is 4.90 Å². The molecule has 7 nitrogen and oxygen atoms in total. The number of alkyl halides is 4. The number of halogens is 4. The number of nitrogens with one attached hydrogen (secondary N) is 1. The maximum absolute atomic E-state index is 13.7. The van der Waals surface area contributed by atoms with Gasteiger partial charge in [-0.1, -0.05) is 0 Å². The number of rotatable bonds is 5. The molecule has 160 valence electrons. The van der Waals surface area contributed by atoms with Gasteiger partial charge in [0.15, 0.2) is 0 Å². The van der Waals surface area contributed by atoms with Gasteiger partial charge in [0.05, 0.1) is 16.2 Å². The molecule has 0 spiro atoms. The lowest BCUT2D eigenvalue weighted by molar-refractivity contribution is -0.385. The molecule has 3 rings (SSSR count). The van der Waals surface area contributed by atoms with Crippen molar-refractivity contribution in [3.8, 4) is 5.75 Å². The molecule has 0 aliphatic carbocycles. The zero-order valence-corrected chi connectivity index (χ0v) is 15.7. The van der Waals surface area contributed by atoms with Crippen LogP contribution in [0.1, 0.15) is 22.3 Å². The molecule has 1 heterocycles. The van der Waals surface area contributed by atoms with E-state index in [-0.39, 0.29) is 29.9 Å². The Balaban J connectivity index is 1.88. The van der Waals surface area contributed by atoms with Crippen LogP contribution in [0.15, 0.2) is 36.4 Å². The largest absolute Gasteiger partial charge is 0.573 e. The van der Waals surface area contributed by atoms with Crippen LogP contribution in [0.4, 0.5) is 34.6 Å². The number of aryl methyl sites for hydroxylation is 1. The Morgan fingerprint density at radius 3 is 2.47 bits per heavy atom. The van der Waals surface area contributed by atoms with Crippen molar-refractivity contribution in [1.29, 1.82) is 0 Å². The molecule has 1 aliphatic heterocycles. The zero-order valence-electron chi connectivity index (χ0n) is 15.7. The summed E-state index contributed by atoms with van der Waals surface area (Å²) in [5.74, 6) is -1.17. The van der Waals surface area contributed by atoms with Gasteiger partial charge in [-0.2, -0.15) is 0 Å². The minimum atomic E-state index is -4.84. The topological polar surface area (TPSA) is 84.7 Å². The number of nitro groups is 1. The molecule has 1 fully saturated rings. The summed E-state index contributed by atoms with van der Waals surface area (Å²) in [6, 6.07) is 7.03. The van der Waals surface area contributed by atoms with Crippen LogP contribution in [0, 0.1) is 17.0 Å². The number of carbonyl (C=O) groups is 1. The summed E-state index contributed by atoms with van der Waals surface area (Å²) < 4.78 is 54.2. The molecule has 2 aromatic carbocycles. The molecular formula is C19H17F4N3O4. The van der Waals surface area contributed by atoms with Crippen molar-refractivity contribution in [2.24, 2.45) is 0 Å². The number of hydrogen-bond acceptors (Lipinski definition) is 5. The van der Waals surface area contributed by atoms with Crippen LogP contribution in [0.25, 0.3) is 0 Å². The van der Waals surface area contributed by atoms with Gasteiger partial charge >= 0.3 is 6.36 Å². The SMILES string of the molecule is Cc1cc(N2CCC(F)C2)c(C(=O)Nc2ccc(OC(F)(F)F)cc2)cc1[N+](=O)[O-]. The smallest absolute Gasteiger partial charge is 0.406 e. The highest BCUT2D eigenvalue weighted by molar-refractivity contribution is 6.08. The average molecular weight is 427 g/mol. The highest BCUT2D eigenvalue weighted by atomic mass is 19.4. The van der Waals surface area contributed by atoms with Gasteiger partial charge in [0.25, 0.3) is 11.6 Å². The minimum absolute atomic E-state index is 0.0305. The summed E-state index contributed by atoms with van der Waals surface area (Å²) in [5.41, 5.74) is 0.537. The molecule has 1 aliphatic rings. The van der Waals surface area contributed by atoms with E-state index in [9.17, 15) is 32.5 Å². The number of hydrogen-bond donors (Lipinski definition) is 1. The third-order valence-corrected chi connectivity index (χ3v) is 4.57. The van der Waals surface area contributed by atoms with Gasteiger partial charge in [0, 0.05) is 30.4 Å². The lowest BCUT2D eigenvalue weighted by atomic mass is 10.1. The monoisotopic (exact) mass is 427 g/mol. The number of ether oxygens (including phenoxy) is 1. The van der Waals surface area contributed by atoms with E-state index in [2.05, 4.69) is 10.1 Å². The highest BCUT2D eigenvalue weighted by Crippen LogP contribution is 2.33. The first-order valence-corrected chi connectivity index (χ1v) is 8.88. The molecule has 2 aromatic rings. The molecule has 0 saturated carbocycles. The second-order valence-electron chi connectivity index (χ2n) is 6.77. The normalized spacial score (nSPS) is 16.4. The first-order valence-electron chi connectivity index (χ1n) is 8.88. The fourth-order valence-electron chi connectivity index (χ4n) is 3.20. The molecule has 11 heteroatoms. The fraction of sp³-hybridized carbons (Fsp3) is 0.316. The van der Waals surface area contributed by atoms with E-state index in [1.165, 1.54) is 25.1 Å². The second-order valence-corrected chi connectivity index (χ2v) is 6.77. The molecule has 30 heavy (non-hydrogen) atoms. The third kappa shape index (κ3) is 4.97. The molecule has 0 bridgehead atoms. The molecule has 1 saturated heterocycles. The predicted octanol–water partition coefficient (Wildman–Crippen LogP) is 4.60. The van der Waals surface area contributed by atoms with Crippen molar-refractivity contribution < 1.29 is 32.0 Å². The number of anilines is 2. The Morgan fingerprint density at radius 1 is 1.27 bits per heavy atom. The van der Waals surface area contributed by atoms with E-state index < -0.39 is 29.1 Å². The summed E-state index contributed by atoms with van der Waals surface area (Å²) in [6.45, 7) is 1.93. The van der Waals surface area contributed by atoms with Gasteiger partial charge in [0.1, 0.15) is 11.9 Å². The van der Waals surface area contributed by atoms with Crippen LogP contribution in [0.5, 0.6) is 5.75 Å².